The Bertz CT molecular complexity index is 1190. The van der Waals surface area contributed by atoms with Gasteiger partial charge < -0.3 is 14.7 Å². The highest BCUT2D eigenvalue weighted by molar-refractivity contribution is 7.91. The molecule has 1 aromatic carbocycles. The van der Waals surface area contributed by atoms with Crippen LogP contribution >= 0.6 is 0 Å². The number of hydrogen-bond donors (Lipinski definition) is 2. The van der Waals surface area contributed by atoms with Gasteiger partial charge in [0.15, 0.2) is 0 Å². The van der Waals surface area contributed by atoms with E-state index in [1.807, 2.05) is 7.05 Å². The topological polar surface area (TPSA) is 108 Å². The molecule has 1 saturated heterocycles. The predicted molar refractivity (Wildman–Crippen MR) is 131 cm³/mol. The van der Waals surface area contributed by atoms with Crippen LogP contribution in [0.4, 0.5) is 16.4 Å². The van der Waals surface area contributed by atoms with E-state index in [1.54, 1.807) is 13.8 Å². The molecule has 5 rings (SSSR count). The van der Waals surface area contributed by atoms with Crippen LogP contribution in [0.25, 0.3) is 0 Å². The van der Waals surface area contributed by atoms with Gasteiger partial charge in [-0.05, 0) is 101 Å². The van der Waals surface area contributed by atoms with E-state index in [1.165, 1.54) is 15.4 Å². The number of rotatable bonds is 5. The summed E-state index contributed by atoms with van der Waals surface area (Å²) in [6.45, 7) is 5.00. The zero-order valence-corrected chi connectivity index (χ0v) is 20.9. The van der Waals surface area contributed by atoms with Gasteiger partial charge in [-0.25, -0.2) is 13.8 Å². The van der Waals surface area contributed by atoms with Crippen molar-refractivity contribution in [1.82, 2.24) is 14.8 Å². The van der Waals surface area contributed by atoms with E-state index in [-0.39, 0.29) is 11.9 Å². The Labute approximate surface area is 201 Å². The third-order valence-electron chi connectivity index (χ3n) is 7.46. The van der Waals surface area contributed by atoms with Gasteiger partial charge in [0.05, 0.1) is 11.7 Å². The molecule has 0 radical (unpaired) electrons. The van der Waals surface area contributed by atoms with Crippen molar-refractivity contribution >= 4 is 27.8 Å². The number of nitrogens with zero attached hydrogens (tertiary/aromatic N) is 3. The molecule has 2 heterocycles. The SMILES string of the molecule is Cc1noc(N(C2CCCN(C)C2)S(=O)(=O)NC(=O)Nc2c3c(cc4c2CCC4)CCC3)c1C. The van der Waals surface area contributed by atoms with Crippen LogP contribution in [0.1, 0.15) is 59.2 Å². The Morgan fingerprint density at radius 2 is 1.79 bits per heavy atom. The number of amides is 2. The Balaban J connectivity index is 1.43. The highest BCUT2D eigenvalue weighted by atomic mass is 32.2. The van der Waals surface area contributed by atoms with Gasteiger partial charge in [-0.15, -0.1) is 0 Å². The summed E-state index contributed by atoms with van der Waals surface area (Å²) in [5, 5.41) is 6.89. The molecular weight excluding hydrogens is 454 g/mol. The van der Waals surface area contributed by atoms with Gasteiger partial charge in [0.25, 0.3) is 0 Å². The van der Waals surface area contributed by atoms with Crippen LogP contribution in [0.5, 0.6) is 0 Å². The summed E-state index contributed by atoms with van der Waals surface area (Å²) < 4.78 is 36.2. The summed E-state index contributed by atoms with van der Waals surface area (Å²) >= 11 is 0. The number of anilines is 2. The second-order valence-electron chi connectivity index (χ2n) is 9.85. The van der Waals surface area contributed by atoms with Gasteiger partial charge in [-0.1, -0.05) is 11.2 Å². The Morgan fingerprint density at radius 3 is 2.38 bits per heavy atom. The molecular formula is C24H33N5O4S. The standard InChI is InChI=1S/C24H33N5O4S/c1-15-16(2)26-33-23(15)29(19-9-6-12-28(3)14-19)34(31,32)27-24(30)25-22-20-10-4-7-17(20)13-18-8-5-11-21(18)22/h13,19H,4-12,14H2,1-3H3,(H2,25,27,30). The third kappa shape index (κ3) is 4.17. The molecule has 1 unspecified atom stereocenters. The first-order chi connectivity index (χ1) is 16.2. The number of nitrogens with one attached hydrogen (secondary N) is 2. The smallest absolute Gasteiger partial charge is 0.334 e. The van der Waals surface area contributed by atoms with Crippen LogP contribution in [0.3, 0.4) is 0 Å². The van der Waals surface area contributed by atoms with Crippen LogP contribution in [0, 0.1) is 13.8 Å². The normalized spacial score (nSPS) is 20.1. The lowest BCUT2D eigenvalue weighted by Gasteiger charge is -2.36. The Kier molecular flexibility index (Phi) is 6.05. The summed E-state index contributed by atoms with van der Waals surface area (Å²) in [7, 11) is -2.28. The van der Waals surface area contributed by atoms with E-state index in [0.29, 0.717) is 24.2 Å². The van der Waals surface area contributed by atoms with Crippen LogP contribution < -0.4 is 14.3 Å². The molecule has 2 aliphatic carbocycles. The number of piperidine rings is 1. The van der Waals surface area contributed by atoms with Crippen molar-refractivity contribution in [3.63, 3.8) is 0 Å². The maximum atomic E-state index is 13.6. The molecule has 2 aromatic rings. The van der Waals surface area contributed by atoms with Crippen LogP contribution in [0.2, 0.25) is 0 Å². The first kappa shape index (κ1) is 23.2. The minimum Gasteiger partial charge on any atom is -0.337 e. The van der Waals surface area contributed by atoms with Crippen molar-refractivity contribution in [3.8, 4) is 0 Å². The number of benzene rings is 1. The predicted octanol–water partition coefficient (Wildman–Crippen LogP) is 3.24. The van der Waals surface area contributed by atoms with Crippen LogP contribution in [-0.2, 0) is 35.9 Å². The zero-order valence-electron chi connectivity index (χ0n) is 20.1. The fourth-order valence-electron chi connectivity index (χ4n) is 5.68. The van der Waals surface area contributed by atoms with Crippen molar-refractivity contribution in [2.75, 3.05) is 29.8 Å². The fraction of sp³-hybridized carbons (Fsp3) is 0.583. The van der Waals surface area contributed by atoms with Gasteiger partial charge >= 0.3 is 16.2 Å². The van der Waals surface area contributed by atoms with E-state index < -0.39 is 16.2 Å². The molecule has 34 heavy (non-hydrogen) atoms. The number of hydrogen-bond acceptors (Lipinski definition) is 6. The number of likely N-dealkylation sites (tertiary alicyclic amines) is 1. The lowest BCUT2D eigenvalue weighted by atomic mass is 9.99. The number of carbonyl (C=O) groups is 1. The molecule has 0 spiro atoms. The second kappa shape index (κ2) is 8.88. The van der Waals surface area contributed by atoms with E-state index in [2.05, 4.69) is 26.2 Å². The fourth-order valence-corrected chi connectivity index (χ4v) is 7.02. The molecule has 10 heteroatoms. The first-order valence-electron chi connectivity index (χ1n) is 12.2. The molecule has 9 nitrogen and oxygen atoms in total. The molecule has 1 fully saturated rings. The summed E-state index contributed by atoms with van der Waals surface area (Å²) in [5.41, 5.74) is 6.95. The molecule has 1 atom stereocenters. The maximum absolute atomic E-state index is 13.6. The van der Waals surface area contributed by atoms with Crippen molar-refractivity contribution in [1.29, 1.82) is 0 Å². The molecule has 0 bridgehead atoms. The highest BCUT2D eigenvalue weighted by Crippen LogP contribution is 2.38. The minimum absolute atomic E-state index is 0.166. The number of fused-ring (bicyclic) bond motifs is 2. The molecule has 3 aliphatic rings. The summed E-state index contributed by atoms with van der Waals surface area (Å²) in [6, 6.07) is 1.18. The average Bonchev–Trinajstić information content (AvgIpc) is 3.50. The number of carbonyl (C=O) groups excluding carboxylic acids is 1. The van der Waals surface area contributed by atoms with Gasteiger partial charge in [0, 0.05) is 17.8 Å². The molecule has 0 saturated carbocycles. The van der Waals surface area contributed by atoms with Crippen molar-refractivity contribution in [2.24, 2.45) is 0 Å². The quantitative estimate of drug-likeness (QED) is 0.670. The molecule has 2 amide bonds. The summed E-state index contributed by atoms with van der Waals surface area (Å²) in [6.07, 6.45) is 7.46. The van der Waals surface area contributed by atoms with Crippen molar-refractivity contribution in [3.05, 3.63) is 39.6 Å². The number of urea groups is 1. The van der Waals surface area contributed by atoms with Gasteiger partial charge in [-0.2, -0.15) is 8.42 Å². The monoisotopic (exact) mass is 487 g/mol. The second-order valence-corrected chi connectivity index (χ2v) is 11.4. The molecule has 2 N–H and O–H groups in total. The van der Waals surface area contributed by atoms with E-state index >= 15 is 0 Å². The van der Waals surface area contributed by atoms with Crippen molar-refractivity contribution in [2.45, 2.75) is 71.3 Å². The number of aromatic nitrogens is 1. The number of aryl methyl sites for hydroxylation is 3. The first-order valence-corrected chi connectivity index (χ1v) is 13.6. The molecule has 184 valence electrons. The zero-order chi connectivity index (χ0) is 24.0. The van der Waals surface area contributed by atoms with Gasteiger partial charge in [0.1, 0.15) is 0 Å². The van der Waals surface area contributed by atoms with E-state index in [0.717, 1.165) is 68.3 Å². The Hall–Kier alpha value is -2.59. The maximum Gasteiger partial charge on any atom is 0.334 e. The lowest BCUT2D eigenvalue weighted by molar-refractivity contribution is 0.247. The van der Waals surface area contributed by atoms with Crippen molar-refractivity contribution < 1.29 is 17.7 Å². The van der Waals surface area contributed by atoms with Crippen LogP contribution in [0.15, 0.2) is 10.6 Å². The van der Waals surface area contributed by atoms with Crippen LogP contribution in [-0.4, -0.2) is 50.7 Å². The average molecular weight is 488 g/mol. The summed E-state index contributed by atoms with van der Waals surface area (Å²) in [5.74, 6) is 0.166. The third-order valence-corrected chi connectivity index (χ3v) is 8.88. The van der Waals surface area contributed by atoms with E-state index in [9.17, 15) is 13.2 Å². The largest absolute Gasteiger partial charge is 0.337 e. The van der Waals surface area contributed by atoms with E-state index in [4.69, 9.17) is 4.52 Å². The number of likely N-dealkylation sites (N-methyl/N-ethyl adjacent to an activating group) is 1. The highest BCUT2D eigenvalue weighted by Gasteiger charge is 2.38. The minimum atomic E-state index is -4.24. The molecule has 1 aliphatic heterocycles. The Morgan fingerprint density at radius 1 is 1.12 bits per heavy atom. The lowest BCUT2D eigenvalue weighted by Crippen LogP contribution is -2.54. The van der Waals surface area contributed by atoms with Gasteiger partial charge in [-0.3, -0.25) is 0 Å². The summed E-state index contributed by atoms with van der Waals surface area (Å²) in [4.78, 5) is 15.2. The molecule has 1 aromatic heterocycles. The van der Waals surface area contributed by atoms with Gasteiger partial charge in [0.2, 0.25) is 5.88 Å².